The molecule has 1 aromatic carbocycles. The summed E-state index contributed by atoms with van der Waals surface area (Å²) >= 11 is 1.62. The van der Waals surface area contributed by atoms with Crippen molar-refractivity contribution in [1.29, 1.82) is 0 Å². The van der Waals surface area contributed by atoms with Crippen LogP contribution in [0.1, 0.15) is 27.7 Å². The van der Waals surface area contributed by atoms with Crippen molar-refractivity contribution in [3.63, 3.8) is 0 Å². The fourth-order valence-corrected chi connectivity index (χ4v) is 2.03. The van der Waals surface area contributed by atoms with Crippen molar-refractivity contribution >= 4 is 29.8 Å². The first-order chi connectivity index (χ1) is 9.28. The Balaban J connectivity index is 3.05. The normalized spacial score (nSPS) is 12.7. The molecule has 20 heavy (non-hydrogen) atoms. The Morgan fingerprint density at radius 3 is 2.25 bits per heavy atom. The summed E-state index contributed by atoms with van der Waals surface area (Å²) in [5.41, 5.74) is 0.0496. The summed E-state index contributed by atoms with van der Waals surface area (Å²) in [6, 6.07) is 6.87. The zero-order valence-electron chi connectivity index (χ0n) is 12.5. The maximum absolute atomic E-state index is 12.3. The Labute approximate surface area is 124 Å². The SMILES string of the molecule is CSc1ccc(N(C(=O)OC(C)(C)C)[C@@H](C)C=O)cc1. The third kappa shape index (κ3) is 4.56. The molecule has 0 fully saturated rings. The second kappa shape index (κ2) is 6.79. The van der Waals surface area contributed by atoms with Crippen LogP contribution in [0.4, 0.5) is 10.5 Å². The summed E-state index contributed by atoms with van der Waals surface area (Å²) in [7, 11) is 0. The maximum atomic E-state index is 12.3. The lowest BCUT2D eigenvalue weighted by molar-refractivity contribution is -0.108. The van der Waals surface area contributed by atoms with E-state index in [0.717, 1.165) is 11.2 Å². The number of anilines is 1. The topological polar surface area (TPSA) is 46.6 Å². The van der Waals surface area contributed by atoms with E-state index in [1.165, 1.54) is 4.90 Å². The lowest BCUT2D eigenvalue weighted by Gasteiger charge is -2.29. The van der Waals surface area contributed by atoms with Gasteiger partial charge in [-0.05, 0) is 58.2 Å². The highest BCUT2D eigenvalue weighted by Gasteiger charge is 2.27. The van der Waals surface area contributed by atoms with Crippen LogP contribution in [0.25, 0.3) is 0 Å². The van der Waals surface area contributed by atoms with Crippen molar-refractivity contribution in [3.05, 3.63) is 24.3 Å². The van der Waals surface area contributed by atoms with Crippen LogP contribution in [0.5, 0.6) is 0 Å². The molecule has 1 rings (SSSR count). The molecule has 0 N–H and O–H groups in total. The summed E-state index contributed by atoms with van der Waals surface area (Å²) in [5.74, 6) is 0. The number of carbonyl (C=O) groups excluding carboxylic acids is 2. The Kier molecular flexibility index (Phi) is 5.62. The number of thioether (sulfide) groups is 1. The molecule has 0 heterocycles. The van der Waals surface area contributed by atoms with Gasteiger partial charge in [-0.2, -0.15) is 0 Å². The highest BCUT2D eigenvalue weighted by molar-refractivity contribution is 7.98. The fourth-order valence-electron chi connectivity index (χ4n) is 1.62. The van der Waals surface area contributed by atoms with Gasteiger partial charge in [0.1, 0.15) is 11.9 Å². The van der Waals surface area contributed by atoms with E-state index >= 15 is 0 Å². The monoisotopic (exact) mass is 295 g/mol. The predicted molar refractivity (Wildman–Crippen MR) is 82.5 cm³/mol. The Morgan fingerprint density at radius 1 is 1.30 bits per heavy atom. The van der Waals surface area contributed by atoms with E-state index in [-0.39, 0.29) is 0 Å². The van der Waals surface area contributed by atoms with E-state index in [9.17, 15) is 9.59 Å². The van der Waals surface area contributed by atoms with Crippen LogP contribution in [0, 0.1) is 0 Å². The van der Waals surface area contributed by atoms with Gasteiger partial charge in [0.05, 0.1) is 6.04 Å². The van der Waals surface area contributed by atoms with Crippen molar-refractivity contribution < 1.29 is 14.3 Å². The van der Waals surface area contributed by atoms with Gasteiger partial charge in [0, 0.05) is 10.6 Å². The standard InChI is InChI=1S/C15H21NO3S/c1-11(10-17)16(14(18)19-15(2,3)4)12-6-8-13(20-5)9-7-12/h6-11H,1-5H3/t11-/m0/s1. The van der Waals surface area contributed by atoms with E-state index in [1.807, 2.05) is 30.5 Å². The molecule has 0 aromatic heterocycles. The van der Waals surface area contributed by atoms with E-state index in [2.05, 4.69) is 0 Å². The van der Waals surface area contributed by atoms with E-state index in [4.69, 9.17) is 4.74 Å². The fraction of sp³-hybridized carbons (Fsp3) is 0.467. The summed E-state index contributed by atoms with van der Waals surface area (Å²) in [5, 5.41) is 0. The maximum Gasteiger partial charge on any atom is 0.415 e. The molecule has 0 bridgehead atoms. The van der Waals surface area contributed by atoms with Gasteiger partial charge in [-0.1, -0.05) is 0 Å². The largest absolute Gasteiger partial charge is 0.443 e. The van der Waals surface area contributed by atoms with Crippen molar-refractivity contribution in [2.24, 2.45) is 0 Å². The van der Waals surface area contributed by atoms with Gasteiger partial charge < -0.3 is 9.53 Å². The molecule has 1 aromatic rings. The minimum absolute atomic E-state index is 0.519. The molecule has 0 aliphatic carbocycles. The number of ether oxygens (including phenoxy) is 1. The van der Waals surface area contributed by atoms with Crippen LogP contribution in [0.3, 0.4) is 0 Å². The zero-order valence-corrected chi connectivity index (χ0v) is 13.4. The molecule has 1 amide bonds. The molecular weight excluding hydrogens is 274 g/mol. The first kappa shape index (κ1) is 16.6. The van der Waals surface area contributed by atoms with Crippen LogP contribution in [0.2, 0.25) is 0 Å². The van der Waals surface area contributed by atoms with Gasteiger partial charge in [-0.3, -0.25) is 4.90 Å². The first-order valence-electron chi connectivity index (χ1n) is 6.40. The van der Waals surface area contributed by atoms with Crippen molar-refractivity contribution in [3.8, 4) is 0 Å². The smallest absolute Gasteiger partial charge is 0.415 e. The molecule has 0 saturated heterocycles. The number of hydrogen-bond acceptors (Lipinski definition) is 4. The van der Waals surface area contributed by atoms with E-state index in [0.29, 0.717) is 5.69 Å². The molecule has 110 valence electrons. The van der Waals surface area contributed by atoms with Crippen LogP contribution in [-0.4, -0.2) is 30.3 Å². The van der Waals surface area contributed by atoms with Gasteiger partial charge >= 0.3 is 6.09 Å². The van der Waals surface area contributed by atoms with Crippen LogP contribution >= 0.6 is 11.8 Å². The summed E-state index contributed by atoms with van der Waals surface area (Å²) in [6.07, 6.45) is 2.19. The number of hydrogen-bond donors (Lipinski definition) is 0. The number of benzene rings is 1. The Bertz CT molecular complexity index is 465. The second-order valence-electron chi connectivity index (χ2n) is 5.43. The average molecular weight is 295 g/mol. The first-order valence-corrected chi connectivity index (χ1v) is 7.62. The number of amides is 1. The van der Waals surface area contributed by atoms with Gasteiger partial charge in [-0.15, -0.1) is 11.8 Å². The highest BCUT2D eigenvalue weighted by atomic mass is 32.2. The van der Waals surface area contributed by atoms with E-state index < -0.39 is 17.7 Å². The second-order valence-corrected chi connectivity index (χ2v) is 6.30. The van der Waals surface area contributed by atoms with Crippen LogP contribution < -0.4 is 4.90 Å². The number of nitrogens with zero attached hydrogens (tertiary/aromatic N) is 1. The molecule has 0 aliphatic heterocycles. The van der Waals surface area contributed by atoms with Gasteiger partial charge in [0.25, 0.3) is 0 Å². The van der Waals surface area contributed by atoms with Crippen LogP contribution in [-0.2, 0) is 9.53 Å². The Morgan fingerprint density at radius 2 is 1.85 bits per heavy atom. The molecule has 4 nitrogen and oxygen atoms in total. The molecular formula is C15H21NO3S. The number of carbonyl (C=O) groups is 2. The summed E-state index contributed by atoms with van der Waals surface area (Å²) < 4.78 is 5.36. The van der Waals surface area contributed by atoms with Crippen LogP contribution in [0.15, 0.2) is 29.2 Å². The minimum atomic E-state index is -0.600. The third-order valence-corrected chi connectivity index (χ3v) is 3.29. The zero-order chi connectivity index (χ0) is 15.3. The molecule has 0 saturated carbocycles. The minimum Gasteiger partial charge on any atom is -0.443 e. The molecule has 5 heteroatoms. The van der Waals surface area contributed by atoms with Gasteiger partial charge in [0.15, 0.2) is 0 Å². The molecule has 0 radical (unpaired) electrons. The summed E-state index contributed by atoms with van der Waals surface area (Å²) in [4.78, 5) is 25.8. The van der Waals surface area contributed by atoms with Crippen molar-refractivity contribution in [1.82, 2.24) is 0 Å². The molecule has 0 aliphatic rings. The number of rotatable bonds is 4. The van der Waals surface area contributed by atoms with Gasteiger partial charge in [-0.25, -0.2) is 4.79 Å². The quantitative estimate of drug-likeness (QED) is 0.627. The lowest BCUT2D eigenvalue weighted by Crippen LogP contribution is -2.43. The predicted octanol–water partition coefficient (Wildman–Crippen LogP) is 3.74. The van der Waals surface area contributed by atoms with Crippen molar-refractivity contribution in [2.75, 3.05) is 11.2 Å². The van der Waals surface area contributed by atoms with Gasteiger partial charge in [0.2, 0.25) is 0 Å². The lowest BCUT2D eigenvalue weighted by atomic mass is 10.2. The Hall–Kier alpha value is -1.49. The molecule has 1 atom stereocenters. The van der Waals surface area contributed by atoms with E-state index in [1.54, 1.807) is 39.5 Å². The molecule has 0 spiro atoms. The number of aldehydes is 1. The molecule has 0 unspecified atom stereocenters. The highest BCUT2D eigenvalue weighted by Crippen LogP contribution is 2.23. The van der Waals surface area contributed by atoms with Crippen molar-refractivity contribution in [2.45, 2.75) is 44.2 Å². The summed E-state index contributed by atoms with van der Waals surface area (Å²) in [6.45, 7) is 7.06. The third-order valence-electron chi connectivity index (χ3n) is 2.54. The average Bonchev–Trinajstić information content (AvgIpc) is 2.37.